The first-order valence-corrected chi connectivity index (χ1v) is 8.58. The third-order valence-corrected chi connectivity index (χ3v) is 6.40. The quantitative estimate of drug-likeness (QED) is 0.826. The highest BCUT2D eigenvalue weighted by molar-refractivity contribution is 7.92. The second-order valence-electron chi connectivity index (χ2n) is 6.04. The molecule has 0 radical (unpaired) electrons. The van der Waals surface area contributed by atoms with Crippen molar-refractivity contribution in [2.24, 2.45) is 5.92 Å². The van der Waals surface area contributed by atoms with Gasteiger partial charge in [0.1, 0.15) is 0 Å². The molecule has 0 amide bonds. The predicted molar refractivity (Wildman–Crippen MR) is 73.0 cm³/mol. The van der Waals surface area contributed by atoms with Crippen LogP contribution in [0.15, 0.2) is 0 Å². The fourth-order valence-corrected chi connectivity index (χ4v) is 2.64. The average molecular weight is 261 g/mol. The van der Waals surface area contributed by atoms with Gasteiger partial charge in [0.25, 0.3) is 0 Å². The lowest BCUT2D eigenvalue weighted by Crippen LogP contribution is -2.46. The molecular weight excluding hydrogens is 234 g/mol. The molecule has 0 aromatic heterocycles. The molecule has 0 atom stereocenters. The van der Waals surface area contributed by atoms with Gasteiger partial charge in [-0.05, 0) is 45.4 Å². The summed E-state index contributed by atoms with van der Waals surface area (Å²) < 4.78 is 22.5. The monoisotopic (exact) mass is 261 g/mol. The van der Waals surface area contributed by atoms with Crippen molar-refractivity contribution in [3.8, 4) is 0 Å². The van der Waals surface area contributed by atoms with Gasteiger partial charge in [0.05, 0.1) is 4.75 Å². The van der Waals surface area contributed by atoms with Gasteiger partial charge in [-0.15, -0.1) is 0 Å². The summed E-state index contributed by atoms with van der Waals surface area (Å²) in [6.07, 6.45) is 7.56. The Morgan fingerprint density at radius 1 is 1.18 bits per heavy atom. The van der Waals surface area contributed by atoms with E-state index in [4.69, 9.17) is 0 Å². The smallest absolute Gasteiger partial charge is 0.153 e. The predicted octanol–water partition coefficient (Wildman–Crippen LogP) is 2.37. The molecule has 0 aromatic rings. The Kier molecular flexibility index (Phi) is 5.02. The van der Waals surface area contributed by atoms with Gasteiger partial charge in [0, 0.05) is 18.8 Å². The van der Waals surface area contributed by atoms with Gasteiger partial charge in [0.15, 0.2) is 9.84 Å². The highest BCUT2D eigenvalue weighted by Gasteiger charge is 2.31. The maximum absolute atomic E-state index is 11.6. The number of hydrogen-bond donors (Lipinski definition) is 1. The minimum atomic E-state index is -2.98. The van der Waals surface area contributed by atoms with Crippen molar-refractivity contribution in [1.29, 1.82) is 0 Å². The Balaban J connectivity index is 2.38. The molecule has 0 bridgehead atoms. The molecule has 1 aliphatic carbocycles. The standard InChI is InChI=1S/C13H27NO2S/c1-5-11-6-8-12(9-7-11)14-10-13(2,3)17(4,15)16/h11-12,14H,5-10H2,1-4H3. The zero-order valence-electron chi connectivity index (χ0n) is 11.6. The summed E-state index contributed by atoms with van der Waals surface area (Å²) >= 11 is 0. The van der Waals surface area contributed by atoms with E-state index >= 15 is 0 Å². The molecule has 0 heterocycles. The molecule has 0 spiro atoms. The maximum Gasteiger partial charge on any atom is 0.153 e. The molecule has 0 unspecified atom stereocenters. The largest absolute Gasteiger partial charge is 0.312 e. The molecular formula is C13H27NO2S. The Hall–Kier alpha value is -0.0900. The van der Waals surface area contributed by atoms with Gasteiger partial charge >= 0.3 is 0 Å². The molecule has 1 fully saturated rings. The second kappa shape index (κ2) is 5.70. The van der Waals surface area contributed by atoms with Crippen molar-refractivity contribution >= 4 is 9.84 Å². The highest BCUT2D eigenvalue weighted by Crippen LogP contribution is 2.27. The Labute approximate surface area is 106 Å². The molecule has 1 N–H and O–H groups in total. The van der Waals surface area contributed by atoms with Gasteiger partial charge in [-0.1, -0.05) is 13.3 Å². The van der Waals surface area contributed by atoms with Crippen LogP contribution in [0.5, 0.6) is 0 Å². The van der Waals surface area contributed by atoms with Crippen LogP contribution in [0.4, 0.5) is 0 Å². The van der Waals surface area contributed by atoms with Crippen LogP contribution >= 0.6 is 0 Å². The first kappa shape index (κ1) is 15.0. The van der Waals surface area contributed by atoms with Gasteiger partial charge in [-0.3, -0.25) is 0 Å². The van der Waals surface area contributed by atoms with E-state index in [9.17, 15) is 8.42 Å². The summed E-state index contributed by atoms with van der Waals surface area (Å²) in [5.74, 6) is 0.885. The highest BCUT2D eigenvalue weighted by atomic mass is 32.2. The van der Waals surface area contributed by atoms with Crippen molar-refractivity contribution in [3.05, 3.63) is 0 Å². The third kappa shape index (κ3) is 4.25. The van der Waals surface area contributed by atoms with Gasteiger partial charge in [-0.25, -0.2) is 8.42 Å². The average Bonchev–Trinajstić information content (AvgIpc) is 2.25. The van der Waals surface area contributed by atoms with Crippen molar-refractivity contribution < 1.29 is 8.42 Å². The summed E-state index contributed by atoms with van der Waals surface area (Å²) in [4.78, 5) is 0. The third-order valence-electron chi connectivity index (χ3n) is 4.24. The van der Waals surface area contributed by atoms with Crippen LogP contribution in [0.25, 0.3) is 0 Å². The van der Waals surface area contributed by atoms with Crippen LogP contribution in [0.1, 0.15) is 52.9 Å². The van der Waals surface area contributed by atoms with Crippen molar-refractivity contribution in [2.75, 3.05) is 12.8 Å². The SMILES string of the molecule is CCC1CCC(NCC(C)(C)S(C)(=O)=O)CC1. The van der Waals surface area contributed by atoms with E-state index in [0.29, 0.717) is 12.6 Å². The summed E-state index contributed by atoms with van der Waals surface area (Å²) in [5.41, 5.74) is 0. The first-order chi connectivity index (χ1) is 7.76. The van der Waals surface area contributed by atoms with E-state index in [1.165, 1.54) is 38.4 Å². The van der Waals surface area contributed by atoms with Crippen molar-refractivity contribution in [1.82, 2.24) is 5.32 Å². The normalized spacial score (nSPS) is 27.1. The summed E-state index contributed by atoms with van der Waals surface area (Å²) in [5, 5.41) is 3.43. The Morgan fingerprint density at radius 2 is 1.71 bits per heavy atom. The molecule has 0 aliphatic heterocycles. The number of nitrogens with one attached hydrogen (secondary N) is 1. The minimum absolute atomic E-state index is 0.513. The molecule has 3 nitrogen and oxygen atoms in total. The summed E-state index contributed by atoms with van der Waals surface area (Å²) in [6, 6.07) is 0.513. The van der Waals surface area contributed by atoms with E-state index in [1.807, 2.05) is 0 Å². The van der Waals surface area contributed by atoms with E-state index in [0.717, 1.165) is 5.92 Å². The molecule has 1 aliphatic rings. The fraction of sp³-hybridized carbons (Fsp3) is 1.00. The summed E-state index contributed by atoms with van der Waals surface area (Å²) in [7, 11) is -2.98. The molecule has 1 rings (SSSR count). The summed E-state index contributed by atoms with van der Waals surface area (Å²) in [6.45, 7) is 6.42. The number of sulfone groups is 1. The maximum atomic E-state index is 11.6. The zero-order chi connectivity index (χ0) is 13.1. The Morgan fingerprint density at radius 3 is 2.12 bits per heavy atom. The van der Waals surface area contributed by atoms with Gasteiger partial charge in [0.2, 0.25) is 0 Å². The molecule has 1 saturated carbocycles. The van der Waals surface area contributed by atoms with E-state index in [-0.39, 0.29) is 0 Å². The lowest BCUT2D eigenvalue weighted by atomic mass is 9.84. The lowest BCUT2D eigenvalue weighted by Gasteiger charge is -2.31. The molecule has 4 heteroatoms. The number of rotatable bonds is 5. The van der Waals surface area contributed by atoms with Crippen molar-refractivity contribution in [2.45, 2.75) is 63.7 Å². The van der Waals surface area contributed by atoms with Crippen LogP contribution in [0.3, 0.4) is 0 Å². The van der Waals surface area contributed by atoms with E-state index in [1.54, 1.807) is 13.8 Å². The molecule has 0 aromatic carbocycles. The van der Waals surface area contributed by atoms with Crippen molar-refractivity contribution in [3.63, 3.8) is 0 Å². The fourth-order valence-electron chi connectivity index (χ4n) is 2.30. The second-order valence-corrected chi connectivity index (χ2v) is 8.69. The first-order valence-electron chi connectivity index (χ1n) is 6.69. The molecule has 0 saturated heterocycles. The molecule has 17 heavy (non-hydrogen) atoms. The zero-order valence-corrected chi connectivity index (χ0v) is 12.4. The van der Waals surface area contributed by atoms with Crippen LogP contribution < -0.4 is 5.32 Å². The lowest BCUT2D eigenvalue weighted by molar-refractivity contribution is 0.282. The number of hydrogen-bond acceptors (Lipinski definition) is 3. The minimum Gasteiger partial charge on any atom is -0.312 e. The topological polar surface area (TPSA) is 46.2 Å². The van der Waals surface area contributed by atoms with Crippen LogP contribution in [0, 0.1) is 5.92 Å². The van der Waals surface area contributed by atoms with E-state index < -0.39 is 14.6 Å². The Bertz CT molecular complexity index is 327. The van der Waals surface area contributed by atoms with Gasteiger partial charge in [-0.2, -0.15) is 0 Å². The van der Waals surface area contributed by atoms with Gasteiger partial charge < -0.3 is 5.32 Å². The van der Waals surface area contributed by atoms with Crippen LogP contribution in [0.2, 0.25) is 0 Å². The van der Waals surface area contributed by atoms with Crippen LogP contribution in [-0.4, -0.2) is 32.0 Å². The van der Waals surface area contributed by atoms with Crippen LogP contribution in [-0.2, 0) is 9.84 Å². The molecule has 102 valence electrons. The van der Waals surface area contributed by atoms with E-state index in [2.05, 4.69) is 12.2 Å².